The van der Waals surface area contributed by atoms with Crippen LogP contribution in [-0.4, -0.2) is 57.4 Å². The summed E-state index contributed by atoms with van der Waals surface area (Å²) in [7, 11) is 0. The van der Waals surface area contributed by atoms with E-state index in [-0.39, 0.29) is 24.4 Å². The first-order valence-electron chi connectivity index (χ1n) is 11.4. The van der Waals surface area contributed by atoms with Crippen molar-refractivity contribution in [3.05, 3.63) is 47.0 Å². The van der Waals surface area contributed by atoms with Gasteiger partial charge < -0.3 is 29.4 Å². The maximum absolute atomic E-state index is 6.69. The molecule has 0 bridgehead atoms. The minimum Gasteiger partial charge on any atom is -0.373 e. The molecule has 4 saturated heterocycles. The topological polar surface area (TPSA) is 117 Å². The first-order chi connectivity index (χ1) is 15.7. The predicted octanol–water partition coefficient (Wildman–Crippen LogP) is 1.54. The monoisotopic (exact) mass is 438 g/mol. The largest absolute Gasteiger partial charge is 0.373 e. The summed E-state index contributed by atoms with van der Waals surface area (Å²) in [6.45, 7) is 3.88. The molecule has 0 saturated carbocycles. The number of ether oxygens (including phenoxy) is 4. The summed E-state index contributed by atoms with van der Waals surface area (Å²) >= 11 is 0. The number of benzene rings is 2. The Hall–Kier alpha value is -2.20. The van der Waals surface area contributed by atoms with Crippen LogP contribution in [0.1, 0.15) is 16.7 Å². The number of rotatable bonds is 11. The second-order valence-electron chi connectivity index (χ2n) is 9.20. The Labute approximate surface area is 187 Å². The predicted molar refractivity (Wildman–Crippen MR) is 121 cm³/mol. The van der Waals surface area contributed by atoms with E-state index < -0.39 is 0 Å². The molecule has 4 aliphatic rings. The van der Waals surface area contributed by atoms with Crippen molar-refractivity contribution >= 4 is 11.4 Å². The molecule has 170 valence electrons. The Morgan fingerprint density at radius 2 is 1.38 bits per heavy atom. The average molecular weight is 439 g/mol. The zero-order valence-electron chi connectivity index (χ0n) is 18.1. The molecule has 4 atom stereocenters. The third kappa shape index (κ3) is 4.61. The van der Waals surface area contributed by atoms with E-state index >= 15 is 0 Å². The van der Waals surface area contributed by atoms with Crippen LogP contribution >= 0.6 is 0 Å². The van der Waals surface area contributed by atoms with Gasteiger partial charge in [-0.25, -0.2) is 5.84 Å². The summed E-state index contributed by atoms with van der Waals surface area (Å²) in [6.07, 6.45) is 3.56. The normalized spacial score (nSPS) is 27.2. The SMILES string of the molecule is NNc1ccc(-c2cc(CC3CO3)c(N(N)CC3CO3)c(CC3CO3)c2CC2CO2)cc1. The summed E-state index contributed by atoms with van der Waals surface area (Å²) in [5.41, 5.74) is 10.9. The van der Waals surface area contributed by atoms with Crippen LogP contribution in [0.5, 0.6) is 0 Å². The fourth-order valence-corrected chi connectivity index (χ4v) is 4.54. The van der Waals surface area contributed by atoms with Crippen LogP contribution < -0.4 is 22.1 Å². The standard InChI is InChI=1S/C24H30N4O4/c25-27-16-3-1-14(2-4-16)21-6-15(5-17-10-29-17)24(28(26)9-20-13-32-20)23(8-19-12-31-19)22(21)7-18-11-30-18/h1-4,6,17-20,27H,5,7-13,25-26H2. The van der Waals surface area contributed by atoms with Crippen LogP contribution in [0.3, 0.4) is 0 Å². The fraction of sp³-hybridized carbons (Fsp3) is 0.500. The Morgan fingerprint density at radius 1 is 0.812 bits per heavy atom. The van der Waals surface area contributed by atoms with Crippen molar-refractivity contribution in [2.45, 2.75) is 43.7 Å². The molecule has 4 aliphatic heterocycles. The van der Waals surface area contributed by atoms with Crippen molar-refractivity contribution < 1.29 is 18.9 Å². The van der Waals surface area contributed by atoms with Crippen LogP contribution in [0.4, 0.5) is 11.4 Å². The summed E-state index contributed by atoms with van der Waals surface area (Å²) in [5.74, 6) is 12.3. The molecule has 2 aromatic carbocycles. The number of nitrogens with one attached hydrogen (secondary N) is 1. The van der Waals surface area contributed by atoms with Gasteiger partial charge in [-0.2, -0.15) is 0 Å². The van der Waals surface area contributed by atoms with Gasteiger partial charge in [-0.15, -0.1) is 0 Å². The molecule has 8 nitrogen and oxygen atoms in total. The second kappa shape index (κ2) is 8.30. The van der Waals surface area contributed by atoms with Crippen molar-refractivity contribution in [3.63, 3.8) is 0 Å². The lowest BCUT2D eigenvalue weighted by Crippen LogP contribution is -2.37. The highest BCUT2D eigenvalue weighted by atomic mass is 16.6. The molecule has 4 fully saturated rings. The van der Waals surface area contributed by atoms with Crippen molar-refractivity contribution in [1.82, 2.24) is 0 Å². The van der Waals surface area contributed by atoms with Crippen molar-refractivity contribution in [2.24, 2.45) is 11.7 Å². The van der Waals surface area contributed by atoms with Crippen LogP contribution in [-0.2, 0) is 38.2 Å². The molecule has 5 N–H and O–H groups in total. The Bertz CT molecular complexity index is 982. The molecule has 2 aromatic rings. The molecule has 6 rings (SSSR count). The maximum Gasteiger partial charge on any atom is 0.1000 e. The second-order valence-corrected chi connectivity index (χ2v) is 9.20. The first kappa shape index (κ1) is 20.4. The number of nitrogens with zero attached hydrogens (tertiary/aromatic N) is 1. The van der Waals surface area contributed by atoms with Crippen LogP contribution in [0.15, 0.2) is 30.3 Å². The van der Waals surface area contributed by atoms with E-state index in [2.05, 4.69) is 23.6 Å². The molecule has 8 heteroatoms. The number of epoxide rings is 4. The lowest BCUT2D eigenvalue weighted by molar-refractivity contribution is 0.399. The lowest BCUT2D eigenvalue weighted by Gasteiger charge is -2.28. The van der Waals surface area contributed by atoms with E-state index in [1.807, 2.05) is 17.1 Å². The van der Waals surface area contributed by atoms with Crippen LogP contribution in [0.25, 0.3) is 11.1 Å². The maximum atomic E-state index is 6.69. The smallest absolute Gasteiger partial charge is 0.1000 e. The van der Waals surface area contributed by atoms with Crippen molar-refractivity contribution in [2.75, 3.05) is 43.4 Å². The van der Waals surface area contributed by atoms with E-state index in [0.29, 0.717) is 6.54 Å². The van der Waals surface area contributed by atoms with E-state index in [4.69, 9.17) is 30.6 Å². The molecule has 0 aromatic heterocycles. The summed E-state index contributed by atoms with van der Waals surface area (Å²) < 4.78 is 22.4. The van der Waals surface area contributed by atoms with Crippen LogP contribution in [0.2, 0.25) is 0 Å². The number of hydrogen-bond acceptors (Lipinski definition) is 8. The molecule has 4 unspecified atom stereocenters. The highest BCUT2D eigenvalue weighted by Gasteiger charge is 2.35. The number of anilines is 2. The van der Waals surface area contributed by atoms with Gasteiger partial charge in [0.2, 0.25) is 0 Å². The van der Waals surface area contributed by atoms with Gasteiger partial charge in [-0.05, 0) is 46.0 Å². The zero-order chi connectivity index (χ0) is 21.7. The number of hydrogen-bond donors (Lipinski definition) is 3. The van der Waals surface area contributed by atoms with E-state index in [9.17, 15) is 0 Å². The third-order valence-corrected chi connectivity index (χ3v) is 6.57. The average Bonchev–Trinajstić information content (AvgIpc) is 3.62. The van der Waals surface area contributed by atoms with Gasteiger partial charge in [0.15, 0.2) is 0 Å². The highest BCUT2D eigenvalue weighted by molar-refractivity contribution is 5.78. The molecular formula is C24H30N4O4. The minimum absolute atomic E-state index is 0.209. The quantitative estimate of drug-likeness (QED) is 0.275. The summed E-state index contributed by atoms with van der Waals surface area (Å²) in [4.78, 5) is 0. The Morgan fingerprint density at radius 3 is 1.94 bits per heavy atom. The van der Waals surface area contributed by atoms with E-state index in [0.717, 1.165) is 62.6 Å². The summed E-state index contributed by atoms with van der Waals surface area (Å²) in [6, 6.07) is 10.6. The van der Waals surface area contributed by atoms with E-state index in [1.54, 1.807) is 0 Å². The highest BCUT2D eigenvalue weighted by Crippen LogP contribution is 2.41. The van der Waals surface area contributed by atoms with Gasteiger partial charge in [0.05, 0.1) is 63.1 Å². The molecule has 4 heterocycles. The van der Waals surface area contributed by atoms with E-state index in [1.165, 1.54) is 22.3 Å². The Kier molecular flexibility index (Phi) is 5.29. The summed E-state index contributed by atoms with van der Waals surface area (Å²) in [5, 5.41) is 1.90. The molecule has 0 amide bonds. The van der Waals surface area contributed by atoms with Gasteiger partial charge in [0, 0.05) is 24.9 Å². The molecule has 0 aliphatic carbocycles. The lowest BCUT2D eigenvalue weighted by atomic mass is 9.85. The van der Waals surface area contributed by atoms with Crippen LogP contribution in [0, 0.1) is 0 Å². The number of nitrogen functional groups attached to an aromatic ring is 1. The van der Waals surface area contributed by atoms with Gasteiger partial charge in [0.25, 0.3) is 0 Å². The number of hydrazine groups is 2. The first-order valence-corrected chi connectivity index (χ1v) is 11.4. The number of nitrogens with two attached hydrogens (primary N) is 2. The van der Waals surface area contributed by atoms with Gasteiger partial charge in [0.1, 0.15) is 0 Å². The fourth-order valence-electron chi connectivity index (χ4n) is 4.54. The zero-order valence-corrected chi connectivity index (χ0v) is 18.1. The van der Waals surface area contributed by atoms with Gasteiger partial charge in [-0.1, -0.05) is 12.1 Å². The Balaban J connectivity index is 1.49. The molecule has 0 radical (unpaired) electrons. The molecular weight excluding hydrogens is 408 g/mol. The van der Waals surface area contributed by atoms with Crippen molar-refractivity contribution in [3.8, 4) is 11.1 Å². The van der Waals surface area contributed by atoms with Crippen molar-refractivity contribution in [1.29, 1.82) is 0 Å². The third-order valence-electron chi connectivity index (χ3n) is 6.57. The minimum atomic E-state index is 0.209. The van der Waals surface area contributed by atoms with Gasteiger partial charge >= 0.3 is 0 Å². The molecule has 32 heavy (non-hydrogen) atoms. The molecule has 0 spiro atoms. The van der Waals surface area contributed by atoms with Gasteiger partial charge in [-0.3, -0.25) is 5.84 Å².